The van der Waals surface area contributed by atoms with Crippen molar-refractivity contribution in [1.29, 1.82) is 0 Å². The van der Waals surface area contributed by atoms with E-state index in [1.165, 1.54) is 11.3 Å². The topological polar surface area (TPSA) is 75.3 Å². The number of rotatable bonds is 7. The van der Waals surface area contributed by atoms with Crippen LogP contribution in [-0.2, 0) is 6.42 Å². The van der Waals surface area contributed by atoms with Gasteiger partial charge in [-0.2, -0.15) is 0 Å². The zero-order valence-electron chi connectivity index (χ0n) is 15.3. The standard InChI is InChI=1S/C19H27N5OS/c1-2-23(19(25)16-14-26-18(22-16)6-9-20)13-15-7-11-24(12-8-15)17-5-3-4-10-21-17/h3-5,10,14-15H,2,6-9,11-13,20H2,1H3. The van der Waals surface area contributed by atoms with Gasteiger partial charge in [-0.3, -0.25) is 4.79 Å². The molecule has 0 spiro atoms. The quantitative estimate of drug-likeness (QED) is 0.807. The molecule has 1 saturated heterocycles. The highest BCUT2D eigenvalue weighted by atomic mass is 32.1. The van der Waals surface area contributed by atoms with E-state index < -0.39 is 0 Å². The van der Waals surface area contributed by atoms with Gasteiger partial charge in [-0.25, -0.2) is 9.97 Å². The van der Waals surface area contributed by atoms with E-state index in [1.807, 2.05) is 35.5 Å². The SMILES string of the molecule is CCN(CC1CCN(c2ccccn2)CC1)C(=O)c1csc(CCN)n1. The van der Waals surface area contributed by atoms with Gasteiger partial charge in [-0.15, -0.1) is 11.3 Å². The molecule has 0 saturated carbocycles. The summed E-state index contributed by atoms with van der Waals surface area (Å²) in [6.07, 6.45) is 4.73. The van der Waals surface area contributed by atoms with E-state index in [0.717, 1.165) is 49.7 Å². The third kappa shape index (κ3) is 4.59. The summed E-state index contributed by atoms with van der Waals surface area (Å²) in [7, 11) is 0. The number of carbonyl (C=O) groups is 1. The van der Waals surface area contributed by atoms with Crippen molar-refractivity contribution in [3.8, 4) is 0 Å². The van der Waals surface area contributed by atoms with Crippen LogP contribution in [0.4, 0.5) is 5.82 Å². The Morgan fingerprint density at radius 3 is 2.85 bits per heavy atom. The lowest BCUT2D eigenvalue weighted by molar-refractivity contribution is 0.0724. The molecule has 6 nitrogen and oxygen atoms in total. The van der Waals surface area contributed by atoms with Crippen LogP contribution in [0.15, 0.2) is 29.8 Å². The summed E-state index contributed by atoms with van der Waals surface area (Å²) in [4.78, 5) is 25.9. The molecule has 7 heteroatoms. The first-order valence-corrected chi connectivity index (χ1v) is 10.2. The highest BCUT2D eigenvalue weighted by Gasteiger charge is 2.25. The maximum Gasteiger partial charge on any atom is 0.273 e. The minimum atomic E-state index is 0.0409. The van der Waals surface area contributed by atoms with Gasteiger partial charge < -0.3 is 15.5 Å². The van der Waals surface area contributed by atoms with E-state index in [4.69, 9.17) is 5.73 Å². The molecule has 0 radical (unpaired) electrons. The van der Waals surface area contributed by atoms with Crippen molar-refractivity contribution in [2.24, 2.45) is 11.7 Å². The molecule has 0 unspecified atom stereocenters. The fraction of sp³-hybridized carbons (Fsp3) is 0.526. The van der Waals surface area contributed by atoms with Gasteiger partial charge in [0.2, 0.25) is 0 Å². The molecule has 0 aliphatic carbocycles. The number of hydrogen-bond donors (Lipinski definition) is 1. The fourth-order valence-electron chi connectivity index (χ4n) is 3.36. The second-order valence-corrected chi connectivity index (χ2v) is 7.57. The molecule has 140 valence electrons. The van der Waals surface area contributed by atoms with Crippen molar-refractivity contribution in [3.05, 3.63) is 40.5 Å². The van der Waals surface area contributed by atoms with E-state index in [1.54, 1.807) is 0 Å². The predicted molar refractivity (Wildman–Crippen MR) is 106 cm³/mol. The smallest absolute Gasteiger partial charge is 0.273 e. The van der Waals surface area contributed by atoms with Gasteiger partial charge in [0, 0.05) is 44.2 Å². The number of carbonyl (C=O) groups excluding carboxylic acids is 1. The van der Waals surface area contributed by atoms with Gasteiger partial charge in [0.25, 0.3) is 5.91 Å². The highest BCUT2D eigenvalue weighted by molar-refractivity contribution is 7.09. The number of aromatic nitrogens is 2. The van der Waals surface area contributed by atoms with Crippen LogP contribution in [0.25, 0.3) is 0 Å². The summed E-state index contributed by atoms with van der Waals surface area (Å²) in [6, 6.07) is 6.03. The second kappa shape index (κ2) is 9.09. The number of piperidine rings is 1. The first-order valence-electron chi connectivity index (χ1n) is 9.31. The van der Waals surface area contributed by atoms with Crippen molar-refractivity contribution in [3.63, 3.8) is 0 Å². The Morgan fingerprint density at radius 1 is 1.38 bits per heavy atom. The second-order valence-electron chi connectivity index (χ2n) is 6.63. The summed E-state index contributed by atoms with van der Waals surface area (Å²) in [5, 5.41) is 2.80. The Hall–Kier alpha value is -1.99. The predicted octanol–water partition coefficient (Wildman–Crippen LogP) is 2.42. The van der Waals surface area contributed by atoms with E-state index >= 15 is 0 Å². The van der Waals surface area contributed by atoms with Gasteiger partial charge in [0.15, 0.2) is 0 Å². The lowest BCUT2D eigenvalue weighted by Crippen LogP contribution is -2.41. The molecule has 0 aromatic carbocycles. The molecule has 3 heterocycles. The van der Waals surface area contributed by atoms with Crippen LogP contribution in [0.1, 0.15) is 35.3 Å². The summed E-state index contributed by atoms with van der Waals surface area (Å²) < 4.78 is 0. The van der Waals surface area contributed by atoms with E-state index in [9.17, 15) is 4.79 Å². The van der Waals surface area contributed by atoms with Crippen LogP contribution in [0, 0.1) is 5.92 Å². The minimum absolute atomic E-state index is 0.0409. The maximum absolute atomic E-state index is 12.8. The van der Waals surface area contributed by atoms with Crippen molar-refractivity contribution in [2.75, 3.05) is 37.6 Å². The molecule has 0 bridgehead atoms. The molecule has 1 amide bonds. The first-order chi connectivity index (χ1) is 12.7. The Kier molecular flexibility index (Phi) is 6.57. The summed E-state index contributed by atoms with van der Waals surface area (Å²) in [5.41, 5.74) is 6.13. The van der Waals surface area contributed by atoms with Crippen LogP contribution in [0.2, 0.25) is 0 Å². The number of pyridine rings is 1. The zero-order chi connectivity index (χ0) is 18.4. The third-order valence-electron chi connectivity index (χ3n) is 4.86. The lowest BCUT2D eigenvalue weighted by Gasteiger charge is -2.35. The summed E-state index contributed by atoms with van der Waals surface area (Å²) >= 11 is 1.52. The molecule has 1 fully saturated rings. The Balaban J connectivity index is 1.54. The maximum atomic E-state index is 12.8. The molecular weight excluding hydrogens is 346 g/mol. The fourth-order valence-corrected chi connectivity index (χ4v) is 4.15. The van der Waals surface area contributed by atoms with Gasteiger partial charge in [0.1, 0.15) is 11.5 Å². The lowest BCUT2D eigenvalue weighted by atomic mass is 9.96. The molecule has 2 aromatic rings. The average Bonchev–Trinajstić information content (AvgIpc) is 3.16. The minimum Gasteiger partial charge on any atom is -0.357 e. The first kappa shape index (κ1) is 18.8. The van der Waals surface area contributed by atoms with E-state index in [2.05, 4.69) is 20.9 Å². The molecule has 26 heavy (non-hydrogen) atoms. The zero-order valence-corrected chi connectivity index (χ0v) is 16.1. The van der Waals surface area contributed by atoms with Gasteiger partial charge in [-0.1, -0.05) is 6.07 Å². The van der Waals surface area contributed by atoms with Crippen molar-refractivity contribution in [2.45, 2.75) is 26.2 Å². The Morgan fingerprint density at radius 2 is 2.19 bits per heavy atom. The van der Waals surface area contributed by atoms with Crippen LogP contribution >= 0.6 is 11.3 Å². The van der Waals surface area contributed by atoms with Crippen LogP contribution < -0.4 is 10.6 Å². The van der Waals surface area contributed by atoms with Crippen molar-refractivity contribution in [1.82, 2.24) is 14.9 Å². The number of hydrogen-bond acceptors (Lipinski definition) is 6. The van der Waals surface area contributed by atoms with Crippen LogP contribution in [0.5, 0.6) is 0 Å². The van der Waals surface area contributed by atoms with E-state index in [-0.39, 0.29) is 5.91 Å². The molecule has 2 N–H and O–H groups in total. The number of anilines is 1. The third-order valence-corrected chi connectivity index (χ3v) is 5.77. The molecule has 2 aromatic heterocycles. The number of nitrogens with zero attached hydrogens (tertiary/aromatic N) is 4. The highest BCUT2D eigenvalue weighted by Crippen LogP contribution is 2.23. The monoisotopic (exact) mass is 373 g/mol. The Bertz CT molecular complexity index is 697. The molecule has 0 atom stereocenters. The van der Waals surface area contributed by atoms with Gasteiger partial charge in [0.05, 0.1) is 5.01 Å². The average molecular weight is 374 g/mol. The van der Waals surface area contributed by atoms with Crippen molar-refractivity contribution >= 4 is 23.1 Å². The van der Waals surface area contributed by atoms with Gasteiger partial charge in [-0.05, 0) is 44.4 Å². The van der Waals surface area contributed by atoms with Gasteiger partial charge >= 0.3 is 0 Å². The molecule has 3 rings (SSSR count). The number of nitrogens with two attached hydrogens (primary N) is 1. The number of thiazole rings is 1. The molecular formula is C19H27N5OS. The molecule has 1 aliphatic heterocycles. The largest absolute Gasteiger partial charge is 0.357 e. The van der Waals surface area contributed by atoms with Crippen molar-refractivity contribution < 1.29 is 4.79 Å². The van der Waals surface area contributed by atoms with Crippen LogP contribution in [-0.4, -0.2) is 53.5 Å². The molecule has 1 aliphatic rings. The van der Waals surface area contributed by atoms with Crippen LogP contribution in [0.3, 0.4) is 0 Å². The summed E-state index contributed by atoms with van der Waals surface area (Å²) in [6.45, 7) is 6.09. The Labute approximate surface area is 159 Å². The number of amides is 1. The van der Waals surface area contributed by atoms with E-state index in [0.29, 0.717) is 24.7 Å². The normalized spacial score (nSPS) is 15.2. The summed E-state index contributed by atoms with van der Waals surface area (Å²) in [5.74, 6) is 1.62.